The van der Waals surface area contributed by atoms with Crippen molar-refractivity contribution in [3.63, 3.8) is 0 Å². The van der Waals surface area contributed by atoms with E-state index in [9.17, 15) is 29.7 Å². The Labute approximate surface area is 227 Å². The molecule has 0 unspecified atom stereocenters. The van der Waals surface area contributed by atoms with E-state index >= 15 is 0 Å². The molecule has 0 bridgehead atoms. The number of carboxylic acids is 2. The number of hydrogen-bond acceptors (Lipinski definition) is 6. The standard InChI is InChI=1S/C29H36ClNO7/c1-29(2,28(36)37)14-17-9-21(10-17)27-25(18-5-6-18)26(31-38-27)20(7-8-24(34)35)13-22(33)12-19-4-3-16(15-32)11-23(19)30/h3-4,11,17-18,20-21,32H,5-10,12-15H2,1-2H3,(H,34,35)(H,36,37)/t17?,20-,21?/m0/s1. The summed E-state index contributed by atoms with van der Waals surface area (Å²) in [4.78, 5) is 36.1. The van der Waals surface area contributed by atoms with Gasteiger partial charge in [0.05, 0.1) is 17.7 Å². The van der Waals surface area contributed by atoms with Crippen LogP contribution in [0.1, 0.15) is 111 Å². The molecule has 2 aliphatic rings. The Bertz CT molecular complexity index is 1190. The Balaban J connectivity index is 1.50. The molecule has 0 spiro atoms. The van der Waals surface area contributed by atoms with Crippen LogP contribution in [0.15, 0.2) is 22.7 Å². The topological polar surface area (TPSA) is 138 Å². The van der Waals surface area contributed by atoms with E-state index in [1.54, 1.807) is 32.0 Å². The van der Waals surface area contributed by atoms with Gasteiger partial charge in [-0.05, 0) is 81.4 Å². The Morgan fingerprint density at radius 1 is 1.16 bits per heavy atom. The molecule has 1 atom stereocenters. The van der Waals surface area contributed by atoms with Crippen LogP contribution in [0.4, 0.5) is 0 Å². The van der Waals surface area contributed by atoms with E-state index in [-0.39, 0.29) is 49.9 Å². The Morgan fingerprint density at radius 2 is 1.87 bits per heavy atom. The monoisotopic (exact) mass is 545 g/mol. The van der Waals surface area contributed by atoms with E-state index in [1.807, 2.05) is 0 Å². The first kappa shape index (κ1) is 28.3. The molecule has 3 N–H and O–H groups in total. The van der Waals surface area contributed by atoms with Gasteiger partial charge in [0.25, 0.3) is 0 Å². The number of carboxylic acid groups (broad SMARTS) is 2. The zero-order valence-electron chi connectivity index (χ0n) is 21.9. The van der Waals surface area contributed by atoms with E-state index in [0.717, 1.165) is 37.0 Å². The maximum absolute atomic E-state index is 13.1. The molecule has 2 fully saturated rings. The van der Waals surface area contributed by atoms with Crippen molar-refractivity contribution in [3.8, 4) is 0 Å². The Hall–Kier alpha value is -2.71. The normalized spacial score (nSPS) is 20.1. The highest BCUT2D eigenvalue weighted by Crippen LogP contribution is 2.53. The lowest BCUT2D eigenvalue weighted by Gasteiger charge is -2.37. The molecule has 2 saturated carbocycles. The summed E-state index contributed by atoms with van der Waals surface area (Å²) in [5, 5.41) is 32.9. The third-order valence-corrected chi connectivity index (χ3v) is 8.36. The van der Waals surface area contributed by atoms with Crippen LogP contribution in [-0.2, 0) is 27.4 Å². The summed E-state index contributed by atoms with van der Waals surface area (Å²) in [7, 11) is 0. The predicted molar refractivity (Wildman–Crippen MR) is 140 cm³/mol. The molecule has 9 heteroatoms. The number of aliphatic hydroxyl groups excluding tert-OH is 1. The molecule has 1 heterocycles. The van der Waals surface area contributed by atoms with Crippen molar-refractivity contribution in [1.82, 2.24) is 5.16 Å². The lowest BCUT2D eigenvalue weighted by atomic mass is 9.66. The Kier molecular flexibility index (Phi) is 8.62. The fourth-order valence-electron chi connectivity index (χ4n) is 5.64. The number of Topliss-reactive ketones (excluding diaryl/α,β-unsaturated/α-hetero) is 1. The van der Waals surface area contributed by atoms with E-state index < -0.39 is 17.4 Å². The van der Waals surface area contributed by atoms with Crippen LogP contribution in [0.5, 0.6) is 0 Å². The third-order valence-electron chi connectivity index (χ3n) is 8.01. The van der Waals surface area contributed by atoms with Gasteiger partial charge in [0, 0.05) is 41.7 Å². The molecule has 1 aromatic heterocycles. The summed E-state index contributed by atoms with van der Waals surface area (Å²) in [5.41, 5.74) is 2.30. The number of benzene rings is 1. The second-order valence-corrected chi connectivity index (χ2v) is 12.1. The second kappa shape index (κ2) is 11.6. The highest BCUT2D eigenvalue weighted by atomic mass is 35.5. The molecule has 0 amide bonds. The van der Waals surface area contributed by atoms with Crippen LogP contribution in [0, 0.1) is 11.3 Å². The molecule has 0 aliphatic heterocycles. The van der Waals surface area contributed by atoms with Crippen LogP contribution in [0.25, 0.3) is 0 Å². The van der Waals surface area contributed by atoms with E-state index in [1.165, 1.54) is 0 Å². The van der Waals surface area contributed by atoms with Gasteiger partial charge in [-0.25, -0.2) is 0 Å². The summed E-state index contributed by atoms with van der Waals surface area (Å²) in [5.74, 6) is -0.540. The average molecular weight is 546 g/mol. The van der Waals surface area contributed by atoms with E-state index in [2.05, 4.69) is 5.16 Å². The number of hydrogen-bond donors (Lipinski definition) is 3. The number of carbonyl (C=O) groups is 3. The number of rotatable bonds is 14. The fraction of sp³-hybridized carbons (Fsp3) is 0.586. The largest absolute Gasteiger partial charge is 0.481 e. The number of aromatic nitrogens is 1. The predicted octanol–water partition coefficient (Wildman–Crippen LogP) is 5.84. The van der Waals surface area contributed by atoms with Gasteiger partial charge in [-0.15, -0.1) is 0 Å². The number of carbonyl (C=O) groups excluding carboxylic acids is 1. The van der Waals surface area contributed by atoms with Crippen LogP contribution >= 0.6 is 11.6 Å². The van der Waals surface area contributed by atoms with Gasteiger partial charge in [-0.2, -0.15) is 0 Å². The van der Waals surface area contributed by atoms with E-state index in [4.69, 9.17) is 16.1 Å². The Morgan fingerprint density at radius 3 is 2.45 bits per heavy atom. The van der Waals surface area contributed by atoms with Crippen LogP contribution in [0.2, 0.25) is 5.02 Å². The first-order valence-corrected chi connectivity index (χ1v) is 13.7. The van der Waals surface area contributed by atoms with Crippen molar-refractivity contribution >= 4 is 29.3 Å². The summed E-state index contributed by atoms with van der Waals surface area (Å²) in [6.45, 7) is 3.37. The highest BCUT2D eigenvalue weighted by molar-refractivity contribution is 6.31. The zero-order valence-corrected chi connectivity index (χ0v) is 22.7. The number of aliphatic carboxylic acids is 2. The first-order chi connectivity index (χ1) is 18.0. The molecular formula is C29H36ClNO7. The molecule has 0 radical (unpaired) electrons. The van der Waals surface area contributed by atoms with Crippen molar-refractivity contribution in [3.05, 3.63) is 51.4 Å². The van der Waals surface area contributed by atoms with Crippen LogP contribution in [-0.4, -0.2) is 38.2 Å². The van der Waals surface area contributed by atoms with Crippen LogP contribution in [0.3, 0.4) is 0 Å². The van der Waals surface area contributed by atoms with E-state index in [0.29, 0.717) is 40.1 Å². The van der Waals surface area contributed by atoms with Gasteiger partial charge in [-0.1, -0.05) is 28.9 Å². The van der Waals surface area contributed by atoms with Gasteiger partial charge < -0.3 is 19.8 Å². The maximum Gasteiger partial charge on any atom is 0.309 e. The molecule has 8 nitrogen and oxygen atoms in total. The van der Waals surface area contributed by atoms with Crippen LogP contribution < -0.4 is 0 Å². The van der Waals surface area contributed by atoms with Crippen molar-refractivity contribution < 1.29 is 34.2 Å². The van der Waals surface area contributed by atoms with Gasteiger partial charge in [0.1, 0.15) is 11.5 Å². The number of ketones is 1. The van der Waals surface area contributed by atoms with Crippen molar-refractivity contribution in [2.45, 2.75) is 96.0 Å². The molecule has 2 aromatic rings. The minimum absolute atomic E-state index is 0.0649. The van der Waals surface area contributed by atoms with Gasteiger partial charge in [0.15, 0.2) is 0 Å². The average Bonchev–Trinajstić information content (AvgIpc) is 3.58. The highest BCUT2D eigenvalue weighted by Gasteiger charge is 2.43. The first-order valence-electron chi connectivity index (χ1n) is 13.3. The number of halogens is 1. The fourth-order valence-corrected chi connectivity index (χ4v) is 5.91. The van der Waals surface area contributed by atoms with Gasteiger partial charge in [-0.3, -0.25) is 14.4 Å². The SMILES string of the molecule is CC(C)(CC1CC(c2onc([C@@H](CCC(=O)O)CC(=O)Cc3ccc(CO)cc3Cl)c2C2CC2)C1)C(=O)O. The quantitative estimate of drug-likeness (QED) is 0.269. The molecule has 2 aliphatic carbocycles. The molecule has 1 aromatic carbocycles. The summed E-state index contributed by atoms with van der Waals surface area (Å²) in [6.07, 6.45) is 4.76. The van der Waals surface area contributed by atoms with Crippen molar-refractivity contribution in [1.29, 1.82) is 0 Å². The minimum Gasteiger partial charge on any atom is -0.481 e. The molecular weight excluding hydrogens is 510 g/mol. The number of aliphatic hydroxyl groups is 1. The molecule has 206 valence electrons. The third kappa shape index (κ3) is 6.64. The minimum atomic E-state index is -0.926. The van der Waals surface area contributed by atoms with Gasteiger partial charge in [0.2, 0.25) is 0 Å². The van der Waals surface area contributed by atoms with Gasteiger partial charge >= 0.3 is 11.9 Å². The second-order valence-electron chi connectivity index (χ2n) is 11.7. The summed E-state index contributed by atoms with van der Waals surface area (Å²) < 4.78 is 5.89. The molecule has 0 saturated heterocycles. The zero-order chi connectivity index (χ0) is 27.6. The molecule has 4 rings (SSSR count). The smallest absolute Gasteiger partial charge is 0.309 e. The summed E-state index contributed by atoms with van der Waals surface area (Å²) >= 11 is 6.31. The van der Waals surface area contributed by atoms with Crippen molar-refractivity contribution in [2.24, 2.45) is 11.3 Å². The number of nitrogens with zero attached hydrogens (tertiary/aromatic N) is 1. The lowest BCUT2D eigenvalue weighted by Crippen LogP contribution is -2.32. The lowest BCUT2D eigenvalue weighted by molar-refractivity contribution is -0.148. The molecule has 38 heavy (non-hydrogen) atoms. The van der Waals surface area contributed by atoms with Crippen molar-refractivity contribution in [2.75, 3.05) is 0 Å². The summed E-state index contributed by atoms with van der Waals surface area (Å²) in [6, 6.07) is 5.11. The maximum atomic E-state index is 13.1.